The monoisotopic (exact) mass is 396 g/mol. The fourth-order valence-electron chi connectivity index (χ4n) is 3.90. The number of benzene rings is 2. The van der Waals surface area contributed by atoms with Crippen LogP contribution in [0.4, 0.5) is 4.39 Å². The van der Waals surface area contributed by atoms with Crippen molar-refractivity contribution in [2.75, 3.05) is 33.3 Å². The molecule has 0 aliphatic carbocycles. The Bertz CT molecular complexity index is 1060. The quantitative estimate of drug-likeness (QED) is 0.719. The van der Waals surface area contributed by atoms with Crippen LogP contribution in [0.1, 0.15) is 24.4 Å². The lowest BCUT2D eigenvalue weighted by atomic mass is 10.1. The van der Waals surface area contributed by atoms with Gasteiger partial charge in [-0.05, 0) is 37.3 Å². The second-order valence-corrected chi connectivity index (χ2v) is 7.41. The first-order valence-electron chi connectivity index (χ1n) is 9.83. The van der Waals surface area contributed by atoms with Crippen LogP contribution in [0, 0.1) is 5.82 Å². The second kappa shape index (κ2) is 8.31. The van der Waals surface area contributed by atoms with Crippen molar-refractivity contribution in [3.05, 3.63) is 70.0 Å². The summed E-state index contributed by atoms with van der Waals surface area (Å²) in [4.78, 5) is 24.6. The summed E-state index contributed by atoms with van der Waals surface area (Å²) in [7, 11) is 1.60. The largest absolute Gasteiger partial charge is 0.496 e. The molecule has 0 amide bonds. The molecule has 2 heterocycles. The summed E-state index contributed by atoms with van der Waals surface area (Å²) in [5.41, 5.74) is 1.47. The maximum Gasteiger partial charge on any atom is 0.258 e. The number of nitrogens with zero attached hydrogens (tertiary/aromatic N) is 3. The molecular formula is C22H25FN4O2. The predicted molar refractivity (Wildman–Crippen MR) is 111 cm³/mol. The average molecular weight is 396 g/mol. The summed E-state index contributed by atoms with van der Waals surface area (Å²) < 4.78 is 19.0. The van der Waals surface area contributed by atoms with Crippen LogP contribution < -0.4 is 10.3 Å². The Morgan fingerprint density at radius 3 is 2.69 bits per heavy atom. The van der Waals surface area contributed by atoms with E-state index in [-0.39, 0.29) is 17.4 Å². The van der Waals surface area contributed by atoms with Crippen molar-refractivity contribution in [1.29, 1.82) is 0 Å². The van der Waals surface area contributed by atoms with Gasteiger partial charge in [0.2, 0.25) is 0 Å². The molecule has 2 aromatic carbocycles. The lowest BCUT2D eigenvalue weighted by Gasteiger charge is -2.37. The van der Waals surface area contributed by atoms with Crippen molar-refractivity contribution in [2.45, 2.75) is 19.5 Å². The number of rotatable bonds is 5. The topological polar surface area (TPSA) is 61.5 Å². The van der Waals surface area contributed by atoms with Gasteiger partial charge in [-0.15, -0.1) is 0 Å². The van der Waals surface area contributed by atoms with Gasteiger partial charge in [-0.1, -0.05) is 12.1 Å². The van der Waals surface area contributed by atoms with Gasteiger partial charge in [0.05, 0.1) is 24.1 Å². The number of aromatic nitrogens is 2. The van der Waals surface area contributed by atoms with E-state index in [0.717, 1.165) is 37.3 Å². The number of methoxy groups -OCH3 is 1. The lowest BCUT2D eigenvalue weighted by Crippen LogP contribution is -2.47. The molecule has 29 heavy (non-hydrogen) atoms. The van der Waals surface area contributed by atoms with Gasteiger partial charge in [-0.3, -0.25) is 14.6 Å². The molecule has 0 saturated carbocycles. The van der Waals surface area contributed by atoms with Crippen LogP contribution in [0.25, 0.3) is 10.9 Å². The molecule has 0 bridgehead atoms. The first-order valence-corrected chi connectivity index (χ1v) is 9.83. The molecule has 1 atom stereocenters. The molecule has 1 aliphatic heterocycles. The Balaban J connectivity index is 1.43. The molecule has 4 rings (SSSR count). The second-order valence-electron chi connectivity index (χ2n) is 7.41. The third-order valence-corrected chi connectivity index (χ3v) is 5.62. The number of hydrogen-bond donors (Lipinski definition) is 1. The summed E-state index contributed by atoms with van der Waals surface area (Å²) in [6.45, 7) is 6.10. The van der Waals surface area contributed by atoms with Crippen molar-refractivity contribution in [1.82, 2.24) is 19.8 Å². The van der Waals surface area contributed by atoms with Crippen molar-refractivity contribution >= 4 is 10.9 Å². The van der Waals surface area contributed by atoms with Crippen LogP contribution in [0.2, 0.25) is 0 Å². The molecule has 152 valence electrons. The SMILES string of the molecule is COc1ccc(F)cc1CN1CCN([C@@H](C)c2nc3ccccc3c(=O)[nH]2)CC1. The molecule has 0 radical (unpaired) electrons. The van der Waals surface area contributed by atoms with Crippen molar-refractivity contribution in [3.8, 4) is 5.75 Å². The summed E-state index contributed by atoms with van der Waals surface area (Å²) in [5, 5.41) is 0.609. The molecule has 3 aromatic rings. The predicted octanol–water partition coefficient (Wildman–Crippen LogP) is 2.95. The van der Waals surface area contributed by atoms with Crippen molar-refractivity contribution in [3.63, 3.8) is 0 Å². The molecule has 1 saturated heterocycles. The smallest absolute Gasteiger partial charge is 0.258 e. The lowest BCUT2D eigenvalue weighted by molar-refractivity contribution is 0.0942. The highest BCUT2D eigenvalue weighted by atomic mass is 19.1. The third kappa shape index (κ3) is 4.16. The summed E-state index contributed by atoms with van der Waals surface area (Å²) in [5.74, 6) is 1.15. The molecule has 1 fully saturated rings. The normalized spacial score (nSPS) is 16.8. The van der Waals surface area contributed by atoms with E-state index in [0.29, 0.717) is 23.5 Å². The van der Waals surface area contributed by atoms with Gasteiger partial charge >= 0.3 is 0 Å². The minimum Gasteiger partial charge on any atom is -0.496 e. The van der Waals surface area contributed by atoms with Crippen LogP contribution in [0.3, 0.4) is 0 Å². The van der Waals surface area contributed by atoms with Gasteiger partial charge in [-0.2, -0.15) is 0 Å². The van der Waals surface area contributed by atoms with Crippen LogP contribution in [-0.4, -0.2) is 53.1 Å². The molecule has 1 N–H and O–H groups in total. The number of para-hydroxylation sites is 1. The summed E-state index contributed by atoms with van der Waals surface area (Å²) >= 11 is 0. The molecule has 0 spiro atoms. The Morgan fingerprint density at radius 1 is 1.17 bits per heavy atom. The Labute approximate surface area is 168 Å². The van der Waals surface area contributed by atoms with E-state index in [4.69, 9.17) is 4.74 Å². The maximum atomic E-state index is 13.6. The van der Waals surface area contributed by atoms with Crippen LogP contribution in [-0.2, 0) is 6.54 Å². The first-order chi connectivity index (χ1) is 14.0. The number of hydrogen-bond acceptors (Lipinski definition) is 5. The average Bonchev–Trinajstić information content (AvgIpc) is 2.74. The highest BCUT2D eigenvalue weighted by molar-refractivity contribution is 5.77. The van der Waals surface area contributed by atoms with Crippen molar-refractivity contribution < 1.29 is 9.13 Å². The molecule has 0 unspecified atom stereocenters. The van der Waals surface area contributed by atoms with Gasteiger partial charge < -0.3 is 9.72 Å². The molecule has 7 heteroatoms. The number of aromatic amines is 1. The van der Waals surface area contributed by atoms with E-state index in [2.05, 4.69) is 26.7 Å². The first kappa shape index (κ1) is 19.5. The zero-order valence-electron chi connectivity index (χ0n) is 16.7. The molecule has 6 nitrogen and oxygen atoms in total. The van der Waals surface area contributed by atoms with E-state index in [1.807, 2.05) is 18.2 Å². The van der Waals surface area contributed by atoms with E-state index in [1.54, 1.807) is 19.2 Å². The van der Waals surface area contributed by atoms with Crippen LogP contribution >= 0.6 is 0 Å². The number of nitrogens with one attached hydrogen (secondary N) is 1. The van der Waals surface area contributed by atoms with E-state index < -0.39 is 0 Å². The van der Waals surface area contributed by atoms with E-state index in [1.165, 1.54) is 12.1 Å². The van der Waals surface area contributed by atoms with Gasteiger partial charge in [0.15, 0.2) is 0 Å². The highest BCUT2D eigenvalue weighted by Gasteiger charge is 2.24. The fraction of sp³-hybridized carbons (Fsp3) is 0.364. The van der Waals surface area contributed by atoms with E-state index in [9.17, 15) is 9.18 Å². The van der Waals surface area contributed by atoms with Gasteiger partial charge in [0, 0.05) is 38.3 Å². The molecular weight excluding hydrogens is 371 g/mol. The Hall–Kier alpha value is -2.77. The molecule has 1 aliphatic rings. The summed E-state index contributed by atoms with van der Waals surface area (Å²) in [6, 6.07) is 12.0. The maximum absolute atomic E-state index is 13.6. The summed E-state index contributed by atoms with van der Waals surface area (Å²) in [6.07, 6.45) is 0. The minimum atomic E-state index is -0.251. The minimum absolute atomic E-state index is 0.0122. The highest BCUT2D eigenvalue weighted by Crippen LogP contribution is 2.24. The number of fused-ring (bicyclic) bond motifs is 1. The number of halogens is 1. The van der Waals surface area contributed by atoms with Crippen molar-refractivity contribution in [2.24, 2.45) is 0 Å². The zero-order valence-corrected chi connectivity index (χ0v) is 16.7. The fourth-order valence-corrected chi connectivity index (χ4v) is 3.90. The number of H-pyrrole nitrogens is 1. The Morgan fingerprint density at radius 2 is 1.93 bits per heavy atom. The third-order valence-electron chi connectivity index (χ3n) is 5.62. The van der Waals surface area contributed by atoms with Crippen LogP contribution in [0.15, 0.2) is 47.3 Å². The number of piperazine rings is 1. The van der Waals surface area contributed by atoms with Crippen LogP contribution in [0.5, 0.6) is 5.75 Å². The standard InChI is InChI=1S/C22H25FN4O2/c1-15(21-24-19-6-4-3-5-18(19)22(28)25-21)27-11-9-26(10-12-27)14-16-13-17(23)7-8-20(16)29-2/h3-8,13,15H,9-12,14H2,1-2H3,(H,24,25,28)/t15-/m0/s1. The van der Waals surface area contributed by atoms with Gasteiger partial charge in [0.1, 0.15) is 17.4 Å². The van der Waals surface area contributed by atoms with Gasteiger partial charge in [-0.25, -0.2) is 9.37 Å². The zero-order chi connectivity index (χ0) is 20.4. The van der Waals surface area contributed by atoms with Gasteiger partial charge in [0.25, 0.3) is 5.56 Å². The number of ether oxygens (including phenoxy) is 1. The molecule has 1 aromatic heterocycles. The van der Waals surface area contributed by atoms with E-state index >= 15 is 0 Å². The Kier molecular flexibility index (Phi) is 5.60.